The second-order valence-corrected chi connectivity index (χ2v) is 5.70. The first kappa shape index (κ1) is 14.6. The Kier molecular flexibility index (Phi) is 4.77. The Labute approximate surface area is 120 Å². The summed E-state index contributed by atoms with van der Waals surface area (Å²) in [4.78, 5) is 25.9. The van der Waals surface area contributed by atoms with Crippen LogP contribution in [0.1, 0.15) is 32.3 Å². The van der Waals surface area contributed by atoms with Crippen LogP contribution in [0.15, 0.2) is 30.3 Å². The minimum absolute atomic E-state index is 0.0273. The minimum atomic E-state index is -0.318. The van der Waals surface area contributed by atoms with E-state index in [9.17, 15) is 9.59 Å². The molecule has 0 saturated carbocycles. The molecule has 2 rings (SSSR count). The first-order valence-corrected chi connectivity index (χ1v) is 7.19. The molecule has 1 aromatic rings. The molecule has 1 aliphatic rings. The van der Waals surface area contributed by atoms with Crippen molar-refractivity contribution in [1.29, 1.82) is 0 Å². The Morgan fingerprint density at radius 3 is 2.70 bits per heavy atom. The molecule has 1 aliphatic heterocycles. The van der Waals surface area contributed by atoms with Gasteiger partial charge in [0.05, 0.1) is 0 Å². The lowest BCUT2D eigenvalue weighted by Gasteiger charge is -2.24. The maximum absolute atomic E-state index is 12.2. The molecule has 4 nitrogen and oxygen atoms in total. The fourth-order valence-electron chi connectivity index (χ4n) is 2.41. The Morgan fingerprint density at radius 2 is 2.05 bits per heavy atom. The predicted molar refractivity (Wildman–Crippen MR) is 77.9 cm³/mol. The van der Waals surface area contributed by atoms with Crippen molar-refractivity contribution in [3.05, 3.63) is 35.9 Å². The zero-order chi connectivity index (χ0) is 14.5. The molecule has 4 heteroatoms. The third kappa shape index (κ3) is 3.59. The largest absolute Gasteiger partial charge is 0.354 e. The number of carbonyl (C=O) groups is 2. The van der Waals surface area contributed by atoms with E-state index in [0.717, 1.165) is 5.56 Å². The van der Waals surface area contributed by atoms with Crippen LogP contribution in [-0.4, -0.2) is 29.3 Å². The van der Waals surface area contributed by atoms with Crippen LogP contribution in [-0.2, 0) is 16.1 Å². The molecule has 0 spiro atoms. The molecule has 1 unspecified atom stereocenters. The smallest absolute Gasteiger partial charge is 0.242 e. The molecule has 1 aromatic carbocycles. The Hall–Kier alpha value is -1.84. The molecule has 0 bridgehead atoms. The first-order chi connectivity index (χ1) is 9.58. The fourth-order valence-corrected chi connectivity index (χ4v) is 2.41. The number of carbonyl (C=O) groups excluding carboxylic acids is 2. The summed E-state index contributed by atoms with van der Waals surface area (Å²) in [5, 5.41) is 2.93. The second-order valence-electron chi connectivity index (χ2n) is 5.70. The third-order valence-electron chi connectivity index (χ3n) is 3.51. The highest BCUT2D eigenvalue weighted by atomic mass is 16.2. The average molecular weight is 274 g/mol. The van der Waals surface area contributed by atoms with Crippen molar-refractivity contribution in [3.63, 3.8) is 0 Å². The monoisotopic (exact) mass is 274 g/mol. The molecule has 0 aromatic heterocycles. The number of rotatable bonds is 5. The predicted octanol–water partition coefficient (Wildman–Crippen LogP) is 1.95. The number of hydrogen-bond donors (Lipinski definition) is 1. The molecule has 1 saturated heterocycles. The van der Waals surface area contributed by atoms with E-state index < -0.39 is 0 Å². The van der Waals surface area contributed by atoms with Crippen molar-refractivity contribution in [2.75, 3.05) is 6.54 Å². The van der Waals surface area contributed by atoms with Gasteiger partial charge in [0.15, 0.2) is 0 Å². The second kappa shape index (κ2) is 6.55. The highest BCUT2D eigenvalue weighted by Gasteiger charge is 2.35. The molecule has 1 atom stereocenters. The molecule has 108 valence electrons. The van der Waals surface area contributed by atoms with E-state index in [1.807, 2.05) is 30.3 Å². The Morgan fingerprint density at radius 1 is 1.35 bits per heavy atom. The van der Waals surface area contributed by atoms with Crippen LogP contribution in [0.25, 0.3) is 0 Å². The van der Waals surface area contributed by atoms with Crippen molar-refractivity contribution < 1.29 is 9.59 Å². The molecule has 1 fully saturated rings. The van der Waals surface area contributed by atoms with Crippen molar-refractivity contribution in [3.8, 4) is 0 Å². The van der Waals surface area contributed by atoms with E-state index in [1.165, 1.54) is 0 Å². The lowest BCUT2D eigenvalue weighted by molar-refractivity contribution is -0.135. The van der Waals surface area contributed by atoms with E-state index in [0.29, 0.717) is 31.8 Å². The van der Waals surface area contributed by atoms with Crippen LogP contribution in [0.5, 0.6) is 0 Å². The van der Waals surface area contributed by atoms with Gasteiger partial charge in [0, 0.05) is 19.5 Å². The van der Waals surface area contributed by atoms with Crippen molar-refractivity contribution >= 4 is 11.8 Å². The van der Waals surface area contributed by atoms with Crippen LogP contribution in [0.4, 0.5) is 0 Å². The van der Waals surface area contributed by atoms with Gasteiger partial charge < -0.3 is 10.2 Å². The fraction of sp³-hybridized carbons (Fsp3) is 0.500. The number of amides is 2. The van der Waals surface area contributed by atoms with E-state index in [2.05, 4.69) is 19.2 Å². The van der Waals surface area contributed by atoms with E-state index >= 15 is 0 Å². The molecule has 20 heavy (non-hydrogen) atoms. The molecule has 0 radical (unpaired) electrons. The number of nitrogens with zero attached hydrogens (tertiary/aromatic N) is 1. The standard InChI is InChI=1S/C16H22N2O2/c1-12(2)10-17-16(20)14-8-9-15(19)18(14)11-13-6-4-3-5-7-13/h3-7,12,14H,8-11H2,1-2H3,(H,17,20). The topological polar surface area (TPSA) is 49.4 Å². The normalized spacial score (nSPS) is 18.6. The first-order valence-electron chi connectivity index (χ1n) is 7.19. The zero-order valence-electron chi connectivity index (χ0n) is 12.1. The van der Waals surface area contributed by atoms with Gasteiger partial charge in [0.1, 0.15) is 6.04 Å². The van der Waals surface area contributed by atoms with Crippen molar-refractivity contribution in [2.24, 2.45) is 5.92 Å². The van der Waals surface area contributed by atoms with E-state index in [1.54, 1.807) is 4.90 Å². The van der Waals surface area contributed by atoms with E-state index in [-0.39, 0.29) is 17.9 Å². The van der Waals surface area contributed by atoms with Gasteiger partial charge in [-0.3, -0.25) is 9.59 Å². The average Bonchev–Trinajstić information content (AvgIpc) is 2.79. The molecule has 1 N–H and O–H groups in total. The van der Waals surface area contributed by atoms with Gasteiger partial charge in [-0.25, -0.2) is 0 Å². The number of nitrogens with one attached hydrogen (secondary N) is 1. The molecular formula is C16H22N2O2. The summed E-state index contributed by atoms with van der Waals surface area (Å²) >= 11 is 0. The summed E-state index contributed by atoms with van der Waals surface area (Å²) in [7, 11) is 0. The summed E-state index contributed by atoms with van der Waals surface area (Å²) in [5.74, 6) is 0.456. The van der Waals surface area contributed by atoms with Crippen LogP contribution in [0.2, 0.25) is 0 Å². The summed E-state index contributed by atoms with van der Waals surface area (Å²) < 4.78 is 0. The van der Waals surface area contributed by atoms with E-state index in [4.69, 9.17) is 0 Å². The molecule has 0 aliphatic carbocycles. The van der Waals surface area contributed by atoms with Crippen LogP contribution in [0, 0.1) is 5.92 Å². The SMILES string of the molecule is CC(C)CNC(=O)C1CCC(=O)N1Cc1ccccc1. The third-order valence-corrected chi connectivity index (χ3v) is 3.51. The Balaban J connectivity index is 2.01. The quantitative estimate of drug-likeness (QED) is 0.892. The highest BCUT2D eigenvalue weighted by molar-refractivity contribution is 5.90. The van der Waals surface area contributed by atoms with Gasteiger partial charge in [-0.15, -0.1) is 0 Å². The van der Waals surface area contributed by atoms with Crippen LogP contribution in [0.3, 0.4) is 0 Å². The van der Waals surface area contributed by atoms with Gasteiger partial charge in [-0.1, -0.05) is 44.2 Å². The van der Waals surface area contributed by atoms with Gasteiger partial charge in [-0.2, -0.15) is 0 Å². The van der Waals surface area contributed by atoms with Crippen LogP contribution >= 0.6 is 0 Å². The number of hydrogen-bond acceptors (Lipinski definition) is 2. The van der Waals surface area contributed by atoms with Gasteiger partial charge in [0.25, 0.3) is 0 Å². The van der Waals surface area contributed by atoms with Crippen LogP contribution < -0.4 is 5.32 Å². The summed E-state index contributed by atoms with van der Waals surface area (Å²) in [5.41, 5.74) is 1.06. The van der Waals surface area contributed by atoms with Gasteiger partial charge >= 0.3 is 0 Å². The summed E-state index contributed by atoms with van der Waals surface area (Å²) in [6, 6.07) is 9.49. The van der Waals surface area contributed by atoms with Crippen molar-refractivity contribution in [2.45, 2.75) is 39.3 Å². The summed E-state index contributed by atoms with van der Waals surface area (Å²) in [6.45, 7) is 5.28. The minimum Gasteiger partial charge on any atom is -0.354 e. The lowest BCUT2D eigenvalue weighted by atomic mass is 10.1. The Bertz CT molecular complexity index is 471. The number of benzene rings is 1. The maximum atomic E-state index is 12.2. The highest BCUT2D eigenvalue weighted by Crippen LogP contribution is 2.21. The molecule has 1 heterocycles. The zero-order valence-corrected chi connectivity index (χ0v) is 12.1. The molecular weight excluding hydrogens is 252 g/mol. The molecule has 2 amide bonds. The van der Waals surface area contributed by atoms with Gasteiger partial charge in [0.2, 0.25) is 11.8 Å². The maximum Gasteiger partial charge on any atom is 0.242 e. The lowest BCUT2D eigenvalue weighted by Crippen LogP contribution is -2.45. The van der Waals surface area contributed by atoms with Crippen molar-refractivity contribution in [1.82, 2.24) is 10.2 Å². The summed E-state index contributed by atoms with van der Waals surface area (Å²) in [6.07, 6.45) is 1.09. The van der Waals surface area contributed by atoms with Gasteiger partial charge in [-0.05, 0) is 17.9 Å². The number of likely N-dealkylation sites (tertiary alicyclic amines) is 1.